The van der Waals surface area contributed by atoms with Crippen molar-refractivity contribution in [3.8, 4) is 5.75 Å². The highest BCUT2D eigenvalue weighted by atomic mass is 79.9. The number of carbonyl (C=O) groups is 1. The van der Waals surface area contributed by atoms with Crippen molar-refractivity contribution in [3.63, 3.8) is 0 Å². The number of nitrogens with zero attached hydrogens (tertiary/aromatic N) is 1. The lowest BCUT2D eigenvalue weighted by Crippen LogP contribution is -2.12. The standard InChI is InChI=1S/C12H9BrN2O2/c13-11-10(5-2-6-14-11)12(17)15-8-3-1-4-9(16)7-8/h1-7,16H,(H,15,17). The zero-order valence-electron chi connectivity index (χ0n) is 8.72. The first-order valence-electron chi connectivity index (χ1n) is 4.88. The Hall–Kier alpha value is -1.88. The Balaban J connectivity index is 2.20. The van der Waals surface area contributed by atoms with Gasteiger partial charge >= 0.3 is 0 Å². The molecule has 0 unspecified atom stereocenters. The van der Waals surface area contributed by atoms with Crippen LogP contribution in [0.1, 0.15) is 10.4 Å². The topological polar surface area (TPSA) is 62.2 Å². The molecule has 0 atom stereocenters. The molecule has 0 saturated carbocycles. The van der Waals surface area contributed by atoms with Gasteiger partial charge in [-0.2, -0.15) is 0 Å². The first-order chi connectivity index (χ1) is 8.16. The number of amides is 1. The number of hydrogen-bond donors (Lipinski definition) is 2. The summed E-state index contributed by atoms with van der Waals surface area (Å²) in [5, 5.41) is 11.9. The Kier molecular flexibility index (Phi) is 3.39. The van der Waals surface area contributed by atoms with Crippen LogP contribution in [0.5, 0.6) is 5.75 Å². The van der Waals surface area contributed by atoms with Crippen LogP contribution >= 0.6 is 15.9 Å². The maximum atomic E-state index is 11.9. The number of anilines is 1. The Morgan fingerprint density at radius 1 is 1.29 bits per heavy atom. The van der Waals surface area contributed by atoms with E-state index in [1.807, 2.05) is 0 Å². The van der Waals surface area contributed by atoms with E-state index in [4.69, 9.17) is 0 Å². The zero-order chi connectivity index (χ0) is 12.3. The van der Waals surface area contributed by atoms with Crippen LogP contribution in [0.3, 0.4) is 0 Å². The van der Waals surface area contributed by atoms with E-state index in [0.717, 1.165) is 0 Å². The maximum Gasteiger partial charge on any atom is 0.258 e. The number of phenols is 1. The second kappa shape index (κ2) is 4.97. The van der Waals surface area contributed by atoms with Crippen LogP contribution in [0.25, 0.3) is 0 Å². The first-order valence-corrected chi connectivity index (χ1v) is 5.67. The predicted octanol–water partition coefficient (Wildman–Crippen LogP) is 2.80. The molecular formula is C12H9BrN2O2. The van der Waals surface area contributed by atoms with Crippen molar-refractivity contribution >= 4 is 27.5 Å². The van der Waals surface area contributed by atoms with Gasteiger partial charge in [-0.1, -0.05) is 6.07 Å². The van der Waals surface area contributed by atoms with Crippen LogP contribution in [0, 0.1) is 0 Å². The Morgan fingerprint density at radius 3 is 2.82 bits per heavy atom. The second-order valence-electron chi connectivity index (χ2n) is 3.35. The first kappa shape index (κ1) is 11.6. The average molecular weight is 293 g/mol. The molecule has 0 radical (unpaired) electrons. The molecule has 1 aromatic heterocycles. The van der Waals surface area contributed by atoms with Gasteiger partial charge in [0, 0.05) is 18.0 Å². The van der Waals surface area contributed by atoms with E-state index in [2.05, 4.69) is 26.2 Å². The maximum absolute atomic E-state index is 11.9. The monoisotopic (exact) mass is 292 g/mol. The van der Waals surface area contributed by atoms with Gasteiger partial charge in [0.05, 0.1) is 5.56 Å². The summed E-state index contributed by atoms with van der Waals surface area (Å²) in [5.74, 6) is -0.177. The molecule has 2 N–H and O–H groups in total. The number of aromatic nitrogens is 1. The Morgan fingerprint density at radius 2 is 2.12 bits per heavy atom. The molecule has 17 heavy (non-hydrogen) atoms. The molecule has 1 amide bonds. The predicted molar refractivity (Wildman–Crippen MR) is 68.0 cm³/mol. The molecule has 0 aliphatic heterocycles. The molecule has 0 fully saturated rings. The minimum Gasteiger partial charge on any atom is -0.508 e. The van der Waals surface area contributed by atoms with Crippen LogP contribution in [-0.4, -0.2) is 16.0 Å². The number of phenolic OH excluding ortho intramolecular Hbond substituents is 1. The molecule has 2 rings (SSSR count). The summed E-state index contributed by atoms with van der Waals surface area (Å²) < 4.78 is 0.484. The number of hydrogen-bond acceptors (Lipinski definition) is 3. The van der Waals surface area contributed by atoms with E-state index in [1.165, 1.54) is 12.1 Å². The van der Waals surface area contributed by atoms with E-state index in [9.17, 15) is 9.90 Å². The zero-order valence-corrected chi connectivity index (χ0v) is 10.3. The summed E-state index contributed by atoms with van der Waals surface area (Å²) in [4.78, 5) is 15.8. The van der Waals surface area contributed by atoms with Gasteiger partial charge in [0.1, 0.15) is 10.4 Å². The van der Waals surface area contributed by atoms with Crippen LogP contribution in [-0.2, 0) is 0 Å². The van der Waals surface area contributed by atoms with Crippen LogP contribution in [0.15, 0.2) is 47.2 Å². The number of aromatic hydroxyl groups is 1. The minimum atomic E-state index is -0.282. The fourth-order valence-corrected chi connectivity index (χ4v) is 1.77. The summed E-state index contributed by atoms with van der Waals surface area (Å²) in [5.41, 5.74) is 0.974. The van der Waals surface area contributed by atoms with Gasteiger partial charge in [0.15, 0.2) is 0 Å². The number of carbonyl (C=O) groups excluding carboxylic acids is 1. The van der Waals surface area contributed by atoms with Crippen LogP contribution in [0.4, 0.5) is 5.69 Å². The molecule has 0 bridgehead atoms. The normalized spacial score (nSPS) is 9.94. The van der Waals surface area contributed by atoms with Crippen molar-refractivity contribution in [2.24, 2.45) is 0 Å². The fraction of sp³-hybridized carbons (Fsp3) is 0. The quantitative estimate of drug-likeness (QED) is 0.837. The Bertz CT molecular complexity index is 558. The van der Waals surface area contributed by atoms with Crippen molar-refractivity contribution in [1.82, 2.24) is 4.98 Å². The number of benzene rings is 1. The third-order valence-corrected chi connectivity index (χ3v) is 2.74. The fourth-order valence-electron chi connectivity index (χ4n) is 1.34. The van der Waals surface area contributed by atoms with Crippen molar-refractivity contribution in [3.05, 3.63) is 52.8 Å². The molecule has 1 aromatic carbocycles. The average Bonchev–Trinajstić information content (AvgIpc) is 2.29. The van der Waals surface area contributed by atoms with E-state index >= 15 is 0 Å². The molecule has 0 saturated heterocycles. The van der Waals surface area contributed by atoms with Gasteiger partial charge in [0.25, 0.3) is 5.91 Å². The van der Waals surface area contributed by atoms with Crippen molar-refractivity contribution in [2.75, 3.05) is 5.32 Å². The van der Waals surface area contributed by atoms with E-state index in [0.29, 0.717) is 15.9 Å². The number of nitrogens with one attached hydrogen (secondary N) is 1. The van der Waals surface area contributed by atoms with Gasteiger partial charge < -0.3 is 10.4 Å². The minimum absolute atomic E-state index is 0.105. The highest BCUT2D eigenvalue weighted by Crippen LogP contribution is 2.18. The third-order valence-electron chi connectivity index (χ3n) is 2.11. The summed E-state index contributed by atoms with van der Waals surface area (Å²) in [7, 11) is 0. The second-order valence-corrected chi connectivity index (χ2v) is 4.10. The largest absolute Gasteiger partial charge is 0.508 e. The van der Waals surface area contributed by atoms with Gasteiger partial charge in [-0.25, -0.2) is 4.98 Å². The van der Waals surface area contributed by atoms with Gasteiger partial charge in [-0.15, -0.1) is 0 Å². The molecular weight excluding hydrogens is 284 g/mol. The lowest BCUT2D eigenvalue weighted by atomic mass is 10.2. The molecule has 4 nitrogen and oxygen atoms in total. The van der Waals surface area contributed by atoms with Gasteiger partial charge in [-0.3, -0.25) is 4.79 Å². The Labute approximate surface area is 106 Å². The summed E-state index contributed by atoms with van der Waals surface area (Å²) in [6.07, 6.45) is 1.59. The van der Waals surface area contributed by atoms with Crippen molar-refractivity contribution in [1.29, 1.82) is 0 Å². The van der Waals surface area contributed by atoms with E-state index in [1.54, 1.807) is 30.5 Å². The van der Waals surface area contributed by atoms with Gasteiger partial charge in [-0.05, 0) is 40.2 Å². The molecule has 1 heterocycles. The number of rotatable bonds is 2. The number of pyridine rings is 1. The molecule has 2 aromatic rings. The molecule has 0 aliphatic carbocycles. The third kappa shape index (κ3) is 2.82. The van der Waals surface area contributed by atoms with E-state index < -0.39 is 0 Å². The van der Waals surface area contributed by atoms with Crippen LogP contribution in [0.2, 0.25) is 0 Å². The highest BCUT2D eigenvalue weighted by molar-refractivity contribution is 9.10. The van der Waals surface area contributed by atoms with Gasteiger partial charge in [0.2, 0.25) is 0 Å². The lowest BCUT2D eigenvalue weighted by Gasteiger charge is -2.06. The molecule has 86 valence electrons. The molecule has 5 heteroatoms. The van der Waals surface area contributed by atoms with Crippen molar-refractivity contribution in [2.45, 2.75) is 0 Å². The summed E-state index contributed by atoms with van der Waals surface area (Å²) in [6, 6.07) is 9.71. The van der Waals surface area contributed by atoms with E-state index in [-0.39, 0.29) is 11.7 Å². The summed E-state index contributed by atoms with van der Waals surface area (Å²) >= 11 is 3.20. The van der Waals surface area contributed by atoms with Crippen LogP contribution < -0.4 is 5.32 Å². The summed E-state index contributed by atoms with van der Waals surface area (Å²) in [6.45, 7) is 0. The molecule has 0 aliphatic rings. The number of halogens is 1. The lowest BCUT2D eigenvalue weighted by molar-refractivity contribution is 0.102. The van der Waals surface area contributed by atoms with Crippen molar-refractivity contribution < 1.29 is 9.90 Å². The smallest absolute Gasteiger partial charge is 0.258 e. The SMILES string of the molecule is O=C(Nc1cccc(O)c1)c1cccnc1Br. The highest BCUT2D eigenvalue weighted by Gasteiger charge is 2.10. The molecule has 0 spiro atoms.